The molecular formula is C10H16O2. The van der Waals surface area contributed by atoms with Crippen molar-refractivity contribution in [3.8, 4) is 0 Å². The highest BCUT2D eigenvalue weighted by Crippen LogP contribution is 2.44. The SMILES string of the molecule is CC12CCCCC1OC(=O)CC2. The van der Waals surface area contributed by atoms with Gasteiger partial charge in [-0.05, 0) is 25.7 Å². The summed E-state index contributed by atoms with van der Waals surface area (Å²) < 4.78 is 5.35. The number of carbonyl (C=O) groups is 1. The third-order valence-corrected chi connectivity index (χ3v) is 3.42. The van der Waals surface area contributed by atoms with Crippen molar-refractivity contribution in [2.45, 2.75) is 51.6 Å². The summed E-state index contributed by atoms with van der Waals surface area (Å²) in [5, 5.41) is 0. The van der Waals surface area contributed by atoms with Gasteiger partial charge in [0.2, 0.25) is 0 Å². The van der Waals surface area contributed by atoms with Crippen LogP contribution in [0, 0.1) is 5.41 Å². The van der Waals surface area contributed by atoms with Crippen LogP contribution < -0.4 is 0 Å². The second-order valence-corrected chi connectivity index (χ2v) is 4.38. The standard InChI is InChI=1S/C10H16O2/c1-10-6-3-2-4-8(10)12-9(11)5-7-10/h8H,2-7H2,1H3. The maximum Gasteiger partial charge on any atom is 0.306 e. The van der Waals surface area contributed by atoms with Crippen molar-refractivity contribution in [2.75, 3.05) is 0 Å². The van der Waals surface area contributed by atoms with E-state index < -0.39 is 0 Å². The van der Waals surface area contributed by atoms with Crippen LogP contribution in [0.4, 0.5) is 0 Å². The number of esters is 1. The average molecular weight is 168 g/mol. The number of hydrogen-bond acceptors (Lipinski definition) is 2. The van der Waals surface area contributed by atoms with Crippen molar-refractivity contribution in [3.05, 3.63) is 0 Å². The van der Waals surface area contributed by atoms with Crippen molar-refractivity contribution >= 4 is 5.97 Å². The fourth-order valence-electron chi connectivity index (χ4n) is 2.46. The Morgan fingerprint density at radius 3 is 3.08 bits per heavy atom. The second-order valence-electron chi connectivity index (χ2n) is 4.38. The molecule has 1 saturated carbocycles. The number of ether oxygens (including phenoxy) is 1. The second kappa shape index (κ2) is 2.75. The van der Waals surface area contributed by atoms with Crippen LogP contribution in [0.2, 0.25) is 0 Å². The molecule has 1 heterocycles. The molecule has 12 heavy (non-hydrogen) atoms. The van der Waals surface area contributed by atoms with Gasteiger partial charge in [0.05, 0.1) is 0 Å². The Morgan fingerprint density at radius 2 is 2.25 bits per heavy atom. The summed E-state index contributed by atoms with van der Waals surface area (Å²) in [7, 11) is 0. The van der Waals surface area contributed by atoms with Crippen LogP contribution in [-0.4, -0.2) is 12.1 Å². The van der Waals surface area contributed by atoms with E-state index in [0.717, 1.165) is 12.8 Å². The number of carbonyl (C=O) groups excluding carboxylic acids is 1. The largest absolute Gasteiger partial charge is 0.462 e. The molecular weight excluding hydrogens is 152 g/mol. The third-order valence-electron chi connectivity index (χ3n) is 3.42. The van der Waals surface area contributed by atoms with Crippen molar-refractivity contribution in [1.82, 2.24) is 0 Å². The summed E-state index contributed by atoms with van der Waals surface area (Å²) in [4.78, 5) is 11.0. The van der Waals surface area contributed by atoms with E-state index in [9.17, 15) is 4.79 Å². The monoisotopic (exact) mass is 168 g/mol. The van der Waals surface area contributed by atoms with Crippen molar-refractivity contribution < 1.29 is 9.53 Å². The molecule has 68 valence electrons. The zero-order valence-electron chi connectivity index (χ0n) is 7.64. The summed E-state index contributed by atoms with van der Waals surface area (Å²) in [6.07, 6.45) is 6.77. The Hall–Kier alpha value is -0.530. The molecule has 2 atom stereocenters. The highest BCUT2D eigenvalue weighted by molar-refractivity contribution is 5.70. The van der Waals surface area contributed by atoms with Crippen molar-refractivity contribution in [3.63, 3.8) is 0 Å². The summed E-state index contributed by atoms with van der Waals surface area (Å²) in [5.41, 5.74) is 0.312. The molecule has 1 saturated heterocycles. The molecule has 0 radical (unpaired) electrons. The van der Waals surface area contributed by atoms with Crippen LogP contribution >= 0.6 is 0 Å². The molecule has 0 amide bonds. The fraction of sp³-hybridized carbons (Fsp3) is 0.900. The van der Waals surface area contributed by atoms with Gasteiger partial charge < -0.3 is 4.74 Å². The van der Waals surface area contributed by atoms with E-state index in [4.69, 9.17) is 4.74 Å². The maximum atomic E-state index is 11.0. The Labute approximate surface area is 73.3 Å². The van der Waals surface area contributed by atoms with Crippen LogP contribution in [0.25, 0.3) is 0 Å². The first-order valence-electron chi connectivity index (χ1n) is 4.90. The van der Waals surface area contributed by atoms with E-state index in [1.165, 1.54) is 19.3 Å². The molecule has 2 rings (SSSR count). The smallest absolute Gasteiger partial charge is 0.306 e. The summed E-state index contributed by atoms with van der Waals surface area (Å²) >= 11 is 0. The minimum Gasteiger partial charge on any atom is -0.462 e. The van der Waals surface area contributed by atoms with E-state index >= 15 is 0 Å². The lowest BCUT2D eigenvalue weighted by molar-refractivity contribution is -0.169. The maximum absolute atomic E-state index is 11.0. The Kier molecular flexibility index (Phi) is 1.85. The lowest BCUT2D eigenvalue weighted by Gasteiger charge is -2.43. The Morgan fingerprint density at radius 1 is 1.42 bits per heavy atom. The van der Waals surface area contributed by atoms with Gasteiger partial charge in [0, 0.05) is 11.8 Å². The van der Waals surface area contributed by atoms with Gasteiger partial charge in [0.25, 0.3) is 0 Å². The van der Waals surface area contributed by atoms with Gasteiger partial charge in [-0.2, -0.15) is 0 Å². The quantitative estimate of drug-likeness (QED) is 0.519. The molecule has 1 aliphatic heterocycles. The van der Waals surface area contributed by atoms with Crippen LogP contribution in [-0.2, 0) is 9.53 Å². The molecule has 1 aliphatic carbocycles. The highest BCUT2D eigenvalue weighted by Gasteiger charge is 2.42. The van der Waals surface area contributed by atoms with E-state index in [1.54, 1.807) is 0 Å². The molecule has 0 N–H and O–H groups in total. The molecule has 2 aliphatic rings. The minimum atomic E-state index is 0.0133. The molecule has 0 aromatic heterocycles. The molecule has 2 fully saturated rings. The van der Waals surface area contributed by atoms with Gasteiger partial charge in [0.1, 0.15) is 6.10 Å². The first-order chi connectivity index (χ1) is 5.71. The van der Waals surface area contributed by atoms with Gasteiger partial charge in [-0.25, -0.2) is 0 Å². The topological polar surface area (TPSA) is 26.3 Å². The van der Waals surface area contributed by atoms with Crippen LogP contribution in [0.5, 0.6) is 0 Å². The molecule has 2 heteroatoms. The normalized spacial score (nSPS) is 41.8. The third kappa shape index (κ3) is 1.23. The predicted octanol–water partition coefficient (Wildman–Crippen LogP) is 2.27. The van der Waals surface area contributed by atoms with Gasteiger partial charge >= 0.3 is 5.97 Å². The predicted molar refractivity (Wildman–Crippen MR) is 45.7 cm³/mol. The zero-order valence-corrected chi connectivity index (χ0v) is 7.64. The first kappa shape index (κ1) is 8.09. The van der Waals surface area contributed by atoms with E-state index in [0.29, 0.717) is 11.8 Å². The Balaban J connectivity index is 2.11. The molecule has 2 unspecified atom stereocenters. The van der Waals surface area contributed by atoms with E-state index in [1.807, 2.05) is 0 Å². The number of hydrogen-bond donors (Lipinski definition) is 0. The van der Waals surface area contributed by atoms with Crippen LogP contribution in [0.1, 0.15) is 45.4 Å². The van der Waals surface area contributed by atoms with Gasteiger partial charge in [0.15, 0.2) is 0 Å². The lowest BCUT2D eigenvalue weighted by Crippen LogP contribution is -2.43. The van der Waals surface area contributed by atoms with Crippen LogP contribution in [0.3, 0.4) is 0 Å². The summed E-state index contributed by atoms with van der Waals surface area (Å²) in [6.45, 7) is 2.27. The Bertz CT molecular complexity index is 200. The number of rotatable bonds is 0. The molecule has 0 aromatic carbocycles. The first-order valence-corrected chi connectivity index (χ1v) is 4.90. The minimum absolute atomic E-state index is 0.0133. The molecule has 0 bridgehead atoms. The highest BCUT2D eigenvalue weighted by atomic mass is 16.5. The van der Waals surface area contributed by atoms with Gasteiger partial charge in [-0.15, -0.1) is 0 Å². The van der Waals surface area contributed by atoms with E-state index in [2.05, 4.69) is 6.92 Å². The average Bonchev–Trinajstić information content (AvgIpc) is 2.06. The number of fused-ring (bicyclic) bond motifs is 1. The fourth-order valence-corrected chi connectivity index (χ4v) is 2.46. The molecule has 2 nitrogen and oxygen atoms in total. The van der Waals surface area contributed by atoms with E-state index in [-0.39, 0.29) is 12.1 Å². The van der Waals surface area contributed by atoms with Gasteiger partial charge in [-0.3, -0.25) is 4.79 Å². The van der Waals surface area contributed by atoms with Crippen molar-refractivity contribution in [2.24, 2.45) is 5.41 Å². The van der Waals surface area contributed by atoms with Crippen LogP contribution in [0.15, 0.2) is 0 Å². The zero-order chi connectivity index (χ0) is 8.60. The lowest BCUT2D eigenvalue weighted by atomic mass is 9.69. The van der Waals surface area contributed by atoms with Crippen molar-refractivity contribution in [1.29, 1.82) is 0 Å². The molecule has 0 aromatic rings. The summed E-state index contributed by atoms with van der Waals surface area (Å²) in [6, 6.07) is 0. The summed E-state index contributed by atoms with van der Waals surface area (Å²) in [5.74, 6) is 0.0133. The molecule has 0 spiro atoms. The van der Waals surface area contributed by atoms with Gasteiger partial charge in [-0.1, -0.05) is 13.3 Å².